The monoisotopic (exact) mass is 534 g/mol. The van der Waals surface area contributed by atoms with Crippen LogP contribution in [-0.2, 0) is 11.3 Å². The molecule has 0 spiro atoms. The molecule has 2 N–H and O–H groups in total. The van der Waals surface area contributed by atoms with Crippen molar-refractivity contribution in [3.63, 3.8) is 0 Å². The number of hydrogen-bond donors (Lipinski definition) is 2. The molecule has 3 rings (SSSR count). The summed E-state index contributed by atoms with van der Waals surface area (Å²) in [5.74, 6) is 1.81. The molecule has 2 aliphatic rings. The second-order valence-corrected chi connectivity index (χ2v) is 8.53. The van der Waals surface area contributed by atoms with Gasteiger partial charge in [0.2, 0.25) is 0 Å². The van der Waals surface area contributed by atoms with Crippen LogP contribution < -0.4 is 15.4 Å². The minimum absolute atomic E-state index is 0. The Morgan fingerprint density at radius 1 is 1.31 bits per heavy atom. The summed E-state index contributed by atoms with van der Waals surface area (Å²) in [4.78, 5) is 6.77. The van der Waals surface area contributed by atoms with E-state index in [1.807, 2.05) is 24.9 Å². The van der Waals surface area contributed by atoms with Gasteiger partial charge in [0.25, 0.3) is 0 Å². The summed E-state index contributed by atoms with van der Waals surface area (Å²) in [6.07, 6.45) is 5.93. The molecule has 1 saturated heterocycles. The summed E-state index contributed by atoms with van der Waals surface area (Å²) in [6.45, 7) is 6.04. The van der Waals surface area contributed by atoms with Gasteiger partial charge in [-0.25, -0.2) is 0 Å². The molecule has 1 aromatic rings. The lowest BCUT2D eigenvalue weighted by atomic mass is 10.2. The number of thioether (sulfide) groups is 1. The quantitative estimate of drug-likeness (QED) is 0.304. The van der Waals surface area contributed by atoms with Crippen molar-refractivity contribution in [3.8, 4) is 5.75 Å². The lowest BCUT2D eigenvalue weighted by molar-refractivity contribution is 0.0322. The third-order valence-corrected chi connectivity index (χ3v) is 6.52. The molecule has 1 aromatic carbocycles. The molecule has 164 valence electrons. The number of nitrogens with zero attached hydrogens (tertiary/aromatic N) is 2. The minimum atomic E-state index is 0. The van der Waals surface area contributed by atoms with E-state index in [2.05, 4.69) is 45.0 Å². The highest BCUT2D eigenvalue weighted by Crippen LogP contribution is 2.28. The average Bonchev–Trinajstić information content (AvgIpc) is 3.20. The number of guanidine groups is 1. The molecule has 1 heterocycles. The van der Waals surface area contributed by atoms with Crippen molar-refractivity contribution in [3.05, 3.63) is 29.8 Å². The lowest BCUT2D eigenvalue weighted by Gasteiger charge is -2.26. The van der Waals surface area contributed by atoms with Gasteiger partial charge in [-0.3, -0.25) is 9.89 Å². The lowest BCUT2D eigenvalue weighted by Crippen LogP contribution is -2.42. The Hall–Kier alpha value is -0.710. The Morgan fingerprint density at radius 2 is 2.14 bits per heavy atom. The first-order valence-corrected chi connectivity index (χ1v) is 11.6. The van der Waals surface area contributed by atoms with E-state index in [4.69, 9.17) is 9.47 Å². The smallest absolute Gasteiger partial charge is 0.191 e. The molecule has 29 heavy (non-hydrogen) atoms. The van der Waals surface area contributed by atoms with E-state index in [1.165, 1.54) is 24.8 Å². The molecule has 0 bridgehead atoms. The Bertz CT molecular complexity index is 628. The minimum Gasteiger partial charge on any atom is -0.492 e. The van der Waals surface area contributed by atoms with E-state index < -0.39 is 0 Å². The third kappa shape index (κ3) is 8.51. The molecular formula is C21H35IN4O2S. The topological polar surface area (TPSA) is 58.1 Å². The molecule has 2 fully saturated rings. The van der Waals surface area contributed by atoms with Crippen LogP contribution in [0.25, 0.3) is 0 Å². The molecule has 0 amide bonds. The van der Waals surface area contributed by atoms with E-state index in [1.54, 1.807) is 0 Å². The second-order valence-electron chi connectivity index (χ2n) is 7.39. The zero-order valence-corrected chi connectivity index (χ0v) is 20.7. The summed E-state index contributed by atoms with van der Waals surface area (Å²) in [7, 11) is 1.83. The molecule has 2 atom stereocenters. The predicted molar refractivity (Wildman–Crippen MR) is 133 cm³/mol. The van der Waals surface area contributed by atoms with Gasteiger partial charge in [0.05, 0.1) is 13.2 Å². The SMILES string of the molecule is CN=C(NCc1cccc(OCCN2CCOCC2)c1)NC1CCC(SC)C1.I. The van der Waals surface area contributed by atoms with E-state index in [0.29, 0.717) is 12.6 Å². The largest absolute Gasteiger partial charge is 0.492 e. The number of morpholine rings is 1. The van der Waals surface area contributed by atoms with Gasteiger partial charge in [-0.1, -0.05) is 12.1 Å². The maximum absolute atomic E-state index is 5.96. The van der Waals surface area contributed by atoms with Crippen molar-refractivity contribution >= 4 is 41.7 Å². The Balaban J connectivity index is 0.00000300. The standard InChI is InChI=1S/C21H34N4O2S.HI/c1-22-21(24-18-6-7-20(15-18)28-2)23-16-17-4-3-5-19(14-17)27-13-10-25-8-11-26-12-9-25;/h3-5,14,18,20H,6-13,15-16H2,1-2H3,(H2,22,23,24);1H. The number of aliphatic imine (C=N–C) groups is 1. The number of hydrogen-bond acceptors (Lipinski definition) is 5. The summed E-state index contributed by atoms with van der Waals surface area (Å²) < 4.78 is 11.3. The van der Waals surface area contributed by atoms with Crippen LogP contribution in [0.5, 0.6) is 5.75 Å². The number of rotatable bonds is 8. The zero-order valence-electron chi connectivity index (χ0n) is 17.6. The fraction of sp³-hybridized carbons (Fsp3) is 0.667. The van der Waals surface area contributed by atoms with Crippen LogP contribution in [0.1, 0.15) is 24.8 Å². The van der Waals surface area contributed by atoms with Crippen molar-refractivity contribution in [1.29, 1.82) is 0 Å². The second kappa shape index (κ2) is 13.6. The first-order valence-electron chi connectivity index (χ1n) is 10.3. The van der Waals surface area contributed by atoms with Crippen molar-refractivity contribution in [1.82, 2.24) is 15.5 Å². The Morgan fingerprint density at radius 3 is 2.86 bits per heavy atom. The molecule has 8 heteroatoms. The fourth-order valence-corrected chi connectivity index (χ4v) is 4.52. The summed E-state index contributed by atoms with van der Waals surface area (Å²) in [5, 5.41) is 7.78. The molecule has 1 aliphatic carbocycles. The Kier molecular flexibility index (Phi) is 11.5. The van der Waals surface area contributed by atoms with Crippen LogP contribution in [-0.4, -0.2) is 74.9 Å². The molecule has 0 aromatic heterocycles. The van der Waals surface area contributed by atoms with Gasteiger partial charge >= 0.3 is 0 Å². The van der Waals surface area contributed by atoms with E-state index in [0.717, 1.165) is 56.4 Å². The highest BCUT2D eigenvalue weighted by molar-refractivity contribution is 14.0. The number of benzene rings is 1. The average molecular weight is 535 g/mol. The summed E-state index contributed by atoms with van der Waals surface area (Å²) in [5.41, 5.74) is 1.19. The Labute approximate surface area is 196 Å². The van der Waals surface area contributed by atoms with Gasteiger partial charge < -0.3 is 20.1 Å². The highest BCUT2D eigenvalue weighted by atomic mass is 127. The molecule has 0 radical (unpaired) electrons. The van der Waals surface area contributed by atoms with Crippen molar-refractivity contribution in [2.45, 2.75) is 37.1 Å². The fourth-order valence-electron chi connectivity index (χ4n) is 3.72. The first-order chi connectivity index (χ1) is 13.8. The van der Waals surface area contributed by atoms with Crippen molar-refractivity contribution in [2.75, 3.05) is 52.8 Å². The van der Waals surface area contributed by atoms with Crippen LogP contribution in [0, 0.1) is 0 Å². The summed E-state index contributed by atoms with van der Waals surface area (Å²) in [6, 6.07) is 8.83. The van der Waals surface area contributed by atoms with Gasteiger partial charge in [0.1, 0.15) is 12.4 Å². The molecule has 1 saturated carbocycles. The van der Waals surface area contributed by atoms with Crippen LogP contribution in [0.2, 0.25) is 0 Å². The first kappa shape index (κ1) is 24.6. The van der Waals surface area contributed by atoms with Crippen LogP contribution in [0.15, 0.2) is 29.3 Å². The normalized spacial score (nSPS) is 22.8. The maximum atomic E-state index is 5.96. The summed E-state index contributed by atoms with van der Waals surface area (Å²) >= 11 is 1.97. The number of halogens is 1. The molecule has 2 unspecified atom stereocenters. The van der Waals surface area contributed by atoms with Crippen LogP contribution in [0.3, 0.4) is 0 Å². The van der Waals surface area contributed by atoms with Gasteiger partial charge in [-0.2, -0.15) is 11.8 Å². The van der Waals surface area contributed by atoms with Gasteiger partial charge in [-0.05, 0) is 43.2 Å². The van der Waals surface area contributed by atoms with Gasteiger partial charge in [-0.15, -0.1) is 24.0 Å². The predicted octanol–water partition coefficient (Wildman–Crippen LogP) is 2.96. The number of ether oxygens (including phenoxy) is 2. The third-order valence-electron chi connectivity index (χ3n) is 5.42. The van der Waals surface area contributed by atoms with E-state index in [-0.39, 0.29) is 24.0 Å². The maximum Gasteiger partial charge on any atom is 0.191 e. The van der Waals surface area contributed by atoms with Gasteiger partial charge in [0.15, 0.2) is 5.96 Å². The zero-order chi connectivity index (χ0) is 19.6. The van der Waals surface area contributed by atoms with Crippen LogP contribution in [0.4, 0.5) is 0 Å². The molecule has 1 aliphatic heterocycles. The van der Waals surface area contributed by atoms with Crippen molar-refractivity contribution in [2.24, 2.45) is 4.99 Å². The van der Waals surface area contributed by atoms with Crippen molar-refractivity contribution < 1.29 is 9.47 Å². The van der Waals surface area contributed by atoms with E-state index >= 15 is 0 Å². The number of nitrogens with one attached hydrogen (secondary N) is 2. The highest BCUT2D eigenvalue weighted by Gasteiger charge is 2.24. The van der Waals surface area contributed by atoms with Crippen LogP contribution >= 0.6 is 35.7 Å². The molecular weight excluding hydrogens is 499 g/mol. The van der Waals surface area contributed by atoms with Gasteiger partial charge in [0, 0.05) is 44.5 Å². The van der Waals surface area contributed by atoms with E-state index in [9.17, 15) is 0 Å². The molecule has 6 nitrogen and oxygen atoms in total.